The standard InChI is InChI=1S/C21H19F7N4O2/c1-10-30-17(13-8-29-14-6-7-15(33)32(18(13)14)9-20(23,24)25)16(22)19(31-10)34-12-4-2-11(3-5-12)21(26,27)28/h6-8,11-12,29H,2-5,9H2,1H3. The van der Waals surface area contributed by atoms with Gasteiger partial charge in [0.05, 0.1) is 17.0 Å². The molecule has 1 N–H and O–H groups in total. The molecule has 13 heteroatoms. The SMILES string of the molecule is Cc1nc(OC2CCC(C(F)(F)F)CC2)c(F)c(-c2c[nH]c3ccc(=O)n(CC(F)(F)F)c23)n1. The number of aromatic nitrogens is 4. The molecule has 3 aromatic heterocycles. The van der Waals surface area contributed by atoms with Crippen LogP contribution in [0.2, 0.25) is 0 Å². The molecule has 6 nitrogen and oxygen atoms in total. The maximum atomic E-state index is 15.4. The Balaban J connectivity index is 1.71. The number of rotatable bonds is 4. The second-order valence-corrected chi connectivity index (χ2v) is 8.21. The fourth-order valence-corrected chi connectivity index (χ4v) is 4.18. The third-order valence-electron chi connectivity index (χ3n) is 5.75. The van der Waals surface area contributed by atoms with Gasteiger partial charge in [0.15, 0.2) is 0 Å². The van der Waals surface area contributed by atoms with Crippen LogP contribution < -0.4 is 10.3 Å². The first-order valence-electron chi connectivity index (χ1n) is 10.4. The maximum absolute atomic E-state index is 15.4. The number of pyridine rings is 1. The van der Waals surface area contributed by atoms with Gasteiger partial charge in [-0.05, 0) is 38.7 Å². The van der Waals surface area contributed by atoms with Gasteiger partial charge in [0.1, 0.15) is 24.2 Å². The van der Waals surface area contributed by atoms with Crippen LogP contribution in [0, 0.1) is 18.7 Å². The van der Waals surface area contributed by atoms with Crippen molar-refractivity contribution in [3.63, 3.8) is 0 Å². The average Bonchev–Trinajstić information content (AvgIpc) is 3.16. The topological polar surface area (TPSA) is 72.8 Å². The number of hydrogen-bond acceptors (Lipinski definition) is 4. The Hall–Kier alpha value is -3.12. The number of alkyl halides is 6. The zero-order valence-corrected chi connectivity index (χ0v) is 17.7. The van der Waals surface area contributed by atoms with Crippen molar-refractivity contribution in [2.75, 3.05) is 0 Å². The Labute approximate surface area is 187 Å². The molecule has 0 aromatic carbocycles. The van der Waals surface area contributed by atoms with Gasteiger partial charge in [0.25, 0.3) is 11.4 Å². The molecule has 184 valence electrons. The van der Waals surface area contributed by atoms with E-state index in [2.05, 4.69) is 15.0 Å². The number of aryl methyl sites for hydroxylation is 1. The van der Waals surface area contributed by atoms with Gasteiger partial charge in [0, 0.05) is 17.8 Å². The van der Waals surface area contributed by atoms with Crippen LogP contribution in [-0.4, -0.2) is 38.0 Å². The first-order valence-corrected chi connectivity index (χ1v) is 10.4. The maximum Gasteiger partial charge on any atom is 0.406 e. The van der Waals surface area contributed by atoms with E-state index in [4.69, 9.17) is 4.74 Å². The molecule has 3 heterocycles. The van der Waals surface area contributed by atoms with Crippen molar-refractivity contribution in [1.29, 1.82) is 0 Å². The molecular formula is C21H19F7N4O2. The molecule has 4 rings (SSSR count). The minimum absolute atomic E-state index is 0.0328. The van der Waals surface area contributed by atoms with E-state index in [1.807, 2.05) is 0 Å². The Bertz CT molecular complexity index is 1250. The Morgan fingerprint density at radius 3 is 2.38 bits per heavy atom. The summed E-state index contributed by atoms with van der Waals surface area (Å²) in [6.45, 7) is -0.181. The van der Waals surface area contributed by atoms with E-state index in [9.17, 15) is 31.1 Å². The van der Waals surface area contributed by atoms with E-state index >= 15 is 4.39 Å². The number of nitrogens with one attached hydrogen (secondary N) is 1. The lowest BCUT2D eigenvalue weighted by Crippen LogP contribution is -2.32. The third-order valence-corrected chi connectivity index (χ3v) is 5.75. The molecule has 0 amide bonds. The van der Waals surface area contributed by atoms with Crippen molar-refractivity contribution >= 4 is 11.0 Å². The summed E-state index contributed by atoms with van der Waals surface area (Å²) in [5.41, 5.74) is -1.47. The largest absolute Gasteiger partial charge is 0.472 e. The second kappa shape index (κ2) is 8.58. The van der Waals surface area contributed by atoms with Crippen LogP contribution in [0.3, 0.4) is 0 Å². The zero-order chi connectivity index (χ0) is 24.8. The highest BCUT2D eigenvalue weighted by atomic mass is 19.4. The van der Waals surface area contributed by atoms with Gasteiger partial charge in [-0.1, -0.05) is 0 Å². The first kappa shape index (κ1) is 24.0. The second-order valence-electron chi connectivity index (χ2n) is 8.21. The highest BCUT2D eigenvalue weighted by molar-refractivity contribution is 5.92. The molecule has 0 atom stereocenters. The fourth-order valence-electron chi connectivity index (χ4n) is 4.18. The fraction of sp³-hybridized carbons (Fsp3) is 0.476. The molecule has 1 aliphatic carbocycles. The molecule has 0 bridgehead atoms. The van der Waals surface area contributed by atoms with Crippen LogP contribution in [-0.2, 0) is 6.54 Å². The van der Waals surface area contributed by atoms with E-state index in [1.165, 1.54) is 19.2 Å². The number of hydrogen-bond donors (Lipinski definition) is 1. The lowest BCUT2D eigenvalue weighted by Gasteiger charge is -2.30. The molecule has 1 saturated carbocycles. The zero-order valence-electron chi connectivity index (χ0n) is 17.7. The monoisotopic (exact) mass is 492 g/mol. The van der Waals surface area contributed by atoms with Crippen molar-refractivity contribution in [2.45, 2.75) is 57.6 Å². The number of aromatic amines is 1. The van der Waals surface area contributed by atoms with E-state index < -0.39 is 48.2 Å². The van der Waals surface area contributed by atoms with Crippen LogP contribution in [0.4, 0.5) is 30.7 Å². The number of halogens is 7. The quantitative estimate of drug-likeness (QED) is 0.502. The van der Waals surface area contributed by atoms with E-state index in [1.54, 1.807) is 0 Å². The van der Waals surface area contributed by atoms with E-state index in [-0.39, 0.29) is 53.8 Å². The minimum Gasteiger partial charge on any atom is -0.472 e. The average molecular weight is 492 g/mol. The molecule has 1 aliphatic rings. The van der Waals surface area contributed by atoms with Crippen molar-refractivity contribution in [3.05, 3.63) is 40.3 Å². The van der Waals surface area contributed by atoms with Gasteiger partial charge >= 0.3 is 12.4 Å². The summed E-state index contributed by atoms with van der Waals surface area (Å²) < 4.78 is 99.4. The lowest BCUT2D eigenvalue weighted by molar-refractivity contribution is -0.185. The number of H-pyrrole nitrogens is 1. The molecule has 0 radical (unpaired) electrons. The minimum atomic E-state index is -4.71. The summed E-state index contributed by atoms with van der Waals surface area (Å²) in [5.74, 6) is -3.01. The van der Waals surface area contributed by atoms with Crippen LogP contribution in [0.25, 0.3) is 22.3 Å². The van der Waals surface area contributed by atoms with Crippen LogP contribution in [0.15, 0.2) is 23.1 Å². The summed E-state index contributed by atoms with van der Waals surface area (Å²) in [6.07, 6.45) is -8.76. The Kier molecular flexibility index (Phi) is 6.06. The molecule has 3 aromatic rings. The molecule has 1 fully saturated rings. The van der Waals surface area contributed by atoms with E-state index in [0.29, 0.717) is 4.57 Å². The number of nitrogens with zero attached hydrogens (tertiary/aromatic N) is 3. The van der Waals surface area contributed by atoms with Crippen LogP contribution >= 0.6 is 0 Å². The highest BCUT2D eigenvalue weighted by Crippen LogP contribution is 2.39. The molecule has 0 unspecified atom stereocenters. The van der Waals surface area contributed by atoms with Crippen molar-refractivity contribution < 1.29 is 35.5 Å². The smallest absolute Gasteiger partial charge is 0.406 e. The lowest BCUT2D eigenvalue weighted by atomic mass is 9.87. The molecular weight excluding hydrogens is 473 g/mol. The highest BCUT2D eigenvalue weighted by Gasteiger charge is 2.42. The summed E-state index contributed by atoms with van der Waals surface area (Å²) in [7, 11) is 0. The molecule has 34 heavy (non-hydrogen) atoms. The van der Waals surface area contributed by atoms with Gasteiger partial charge in [-0.2, -0.15) is 35.7 Å². The van der Waals surface area contributed by atoms with Crippen molar-refractivity contribution in [3.8, 4) is 17.1 Å². The van der Waals surface area contributed by atoms with Gasteiger partial charge in [-0.15, -0.1) is 0 Å². The first-order chi connectivity index (χ1) is 15.8. The third kappa shape index (κ3) is 4.87. The van der Waals surface area contributed by atoms with Gasteiger partial charge < -0.3 is 9.72 Å². The summed E-state index contributed by atoms with van der Waals surface area (Å²) in [4.78, 5) is 22.8. The summed E-state index contributed by atoms with van der Waals surface area (Å²) in [6, 6.07) is 2.23. The van der Waals surface area contributed by atoms with Crippen molar-refractivity contribution in [2.24, 2.45) is 5.92 Å². The molecule has 0 spiro atoms. The van der Waals surface area contributed by atoms with Gasteiger partial charge in [-0.25, -0.2) is 4.98 Å². The van der Waals surface area contributed by atoms with Gasteiger partial charge in [-0.3, -0.25) is 9.36 Å². The van der Waals surface area contributed by atoms with Crippen molar-refractivity contribution in [1.82, 2.24) is 19.5 Å². The number of ether oxygens (including phenoxy) is 1. The number of fused-ring (bicyclic) bond motifs is 1. The van der Waals surface area contributed by atoms with E-state index in [0.717, 1.165) is 6.07 Å². The Morgan fingerprint density at radius 1 is 1.09 bits per heavy atom. The summed E-state index contributed by atoms with van der Waals surface area (Å²) in [5, 5.41) is 0. The predicted octanol–water partition coefficient (Wildman–Crippen LogP) is 5.30. The van der Waals surface area contributed by atoms with Gasteiger partial charge in [0.2, 0.25) is 5.82 Å². The predicted molar refractivity (Wildman–Crippen MR) is 107 cm³/mol. The molecule has 0 saturated heterocycles. The Morgan fingerprint density at radius 2 is 1.76 bits per heavy atom. The van der Waals surface area contributed by atoms with Crippen LogP contribution in [0.1, 0.15) is 31.5 Å². The molecule has 0 aliphatic heterocycles. The van der Waals surface area contributed by atoms with Crippen LogP contribution in [0.5, 0.6) is 5.88 Å². The normalized spacial score (nSPS) is 19.5. The summed E-state index contributed by atoms with van der Waals surface area (Å²) >= 11 is 0.